The fourth-order valence-electron chi connectivity index (χ4n) is 7.84. The largest absolute Gasteiger partial charge is 0.456 e. The van der Waals surface area contributed by atoms with Gasteiger partial charge in [-0.1, -0.05) is 146 Å². The summed E-state index contributed by atoms with van der Waals surface area (Å²) in [5.41, 5.74) is 8.88. The van der Waals surface area contributed by atoms with Gasteiger partial charge in [-0.3, -0.25) is 0 Å². The smallest absolute Gasteiger partial charge is 0.199 e. The van der Waals surface area contributed by atoms with Crippen LogP contribution in [0.4, 0.5) is 0 Å². The van der Waals surface area contributed by atoms with E-state index in [-0.39, 0.29) is 0 Å². The minimum atomic E-state index is 0.466. The van der Waals surface area contributed by atoms with E-state index in [4.69, 9.17) is 23.8 Å². The number of furan rings is 2. The van der Waals surface area contributed by atoms with Crippen LogP contribution in [0.25, 0.3) is 111 Å². The lowest BCUT2D eigenvalue weighted by Gasteiger charge is -2.17. The third-order valence-corrected chi connectivity index (χ3v) is 10.3. The van der Waals surface area contributed by atoms with E-state index in [2.05, 4.69) is 115 Å². The van der Waals surface area contributed by atoms with Crippen molar-refractivity contribution >= 4 is 54.5 Å². The van der Waals surface area contributed by atoms with Gasteiger partial charge >= 0.3 is 0 Å². The zero-order valence-corrected chi connectivity index (χ0v) is 28.9. The van der Waals surface area contributed by atoms with Gasteiger partial charge in [-0.25, -0.2) is 15.0 Å². The number of nitrogens with zero attached hydrogens (tertiary/aromatic N) is 3. The maximum Gasteiger partial charge on any atom is 0.199 e. The molecule has 0 spiro atoms. The summed E-state index contributed by atoms with van der Waals surface area (Å²) in [6.07, 6.45) is 0. The standard InChI is InChI=1S/C49H29N3O2/c1-2-12-30(13-3-1)45-37-16-5-7-18-39(37)46(40-19-8-6-17-38(40)45)31-22-24-32(25-23-31)47-50-48(52-49(51-47)44-28-33-14-4-10-20-41(33)53-44)34-26-27-36-35-15-9-11-21-42(35)54-43(36)29-34/h1-29H. The highest BCUT2D eigenvalue weighted by Crippen LogP contribution is 2.44. The number of aromatic nitrogens is 3. The number of hydrogen-bond donors (Lipinski definition) is 0. The third kappa shape index (κ3) is 4.90. The number of benzene rings is 8. The first-order valence-corrected chi connectivity index (χ1v) is 18.0. The fraction of sp³-hybridized carbons (Fsp3) is 0. The van der Waals surface area contributed by atoms with Gasteiger partial charge in [-0.05, 0) is 74.1 Å². The number of para-hydroxylation sites is 2. The van der Waals surface area contributed by atoms with Crippen LogP contribution in [0.3, 0.4) is 0 Å². The fourth-order valence-corrected chi connectivity index (χ4v) is 7.84. The van der Waals surface area contributed by atoms with Crippen LogP contribution in [-0.2, 0) is 0 Å². The van der Waals surface area contributed by atoms with Crippen molar-refractivity contribution in [3.63, 3.8) is 0 Å². The quantitative estimate of drug-likeness (QED) is 0.168. The van der Waals surface area contributed by atoms with Crippen LogP contribution in [0.1, 0.15) is 0 Å². The maximum atomic E-state index is 6.27. The van der Waals surface area contributed by atoms with Gasteiger partial charge in [0, 0.05) is 27.3 Å². The minimum Gasteiger partial charge on any atom is -0.456 e. The van der Waals surface area contributed by atoms with Crippen LogP contribution in [0.5, 0.6) is 0 Å². The average molecular weight is 692 g/mol. The van der Waals surface area contributed by atoms with Crippen LogP contribution >= 0.6 is 0 Å². The van der Waals surface area contributed by atoms with Crippen molar-refractivity contribution in [2.24, 2.45) is 0 Å². The molecule has 0 amide bonds. The highest BCUT2D eigenvalue weighted by atomic mass is 16.3. The van der Waals surface area contributed by atoms with Crippen LogP contribution in [-0.4, -0.2) is 15.0 Å². The molecule has 0 saturated carbocycles. The molecular formula is C49H29N3O2. The molecule has 8 aromatic carbocycles. The van der Waals surface area contributed by atoms with Gasteiger partial charge in [0.2, 0.25) is 0 Å². The first-order valence-electron chi connectivity index (χ1n) is 18.0. The van der Waals surface area contributed by atoms with E-state index in [0.717, 1.165) is 49.6 Å². The lowest BCUT2D eigenvalue weighted by molar-refractivity contribution is 0.625. The zero-order chi connectivity index (χ0) is 35.6. The maximum absolute atomic E-state index is 6.27. The van der Waals surface area contributed by atoms with E-state index >= 15 is 0 Å². The second-order valence-corrected chi connectivity index (χ2v) is 13.5. The molecule has 0 aliphatic carbocycles. The van der Waals surface area contributed by atoms with Crippen molar-refractivity contribution in [3.05, 3.63) is 176 Å². The third-order valence-electron chi connectivity index (χ3n) is 10.3. The van der Waals surface area contributed by atoms with Gasteiger partial charge in [0.05, 0.1) is 0 Å². The molecule has 0 aliphatic rings. The molecule has 11 rings (SSSR count). The van der Waals surface area contributed by atoms with Gasteiger partial charge in [0.1, 0.15) is 16.7 Å². The Balaban J connectivity index is 1.07. The Labute approximate surface area is 309 Å². The van der Waals surface area contributed by atoms with Gasteiger partial charge < -0.3 is 8.83 Å². The molecule has 3 heterocycles. The summed E-state index contributed by atoms with van der Waals surface area (Å²) in [7, 11) is 0. The molecule has 0 bridgehead atoms. The van der Waals surface area contributed by atoms with E-state index in [1.165, 1.54) is 38.2 Å². The van der Waals surface area contributed by atoms with Crippen molar-refractivity contribution in [1.82, 2.24) is 15.0 Å². The monoisotopic (exact) mass is 691 g/mol. The topological polar surface area (TPSA) is 65.0 Å². The normalized spacial score (nSPS) is 11.7. The van der Waals surface area contributed by atoms with Gasteiger partial charge in [0.15, 0.2) is 23.2 Å². The number of fused-ring (bicyclic) bond motifs is 6. The molecule has 5 nitrogen and oxygen atoms in total. The second-order valence-electron chi connectivity index (χ2n) is 13.5. The molecule has 5 heteroatoms. The van der Waals surface area contributed by atoms with Crippen LogP contribution in [0.15, 0.2) is 185 Å². The molecule has 11 aromatic rings. The Bertz CT molecular complexity index is 3120. The van der Waals surface area contributed by atoms with Crippen molar-refractivity contribution in [2.45, 2.75) is 0 Å². The summed E-state index contributed by atoms with van der Waals surface area (Å²) in [5, 5.41) is 7.97. The molecule has 0 atom stereocenters. The zero-order valence-electron chi connectivity index (χ0n) is 28.9. The highest BCUT2D eigenvalue weighted by Gasteiger charge is 2.19. The van der Waals surface area contributed by atoms with Crippen molar-refractivity contribution < 1.29 is 8.83 Å². The Kier molecular flexibility index (Phi) is 6.79. The van der Waals surface area contributed by atoms with E-state index in [1.807, 2.05) is 60.7 Å². The molecule has 0 radical (unpaired) electrons. The summed E-state index contributed by atoms with van der Waals surface area (Å²) in [5.74, 6) is 2.14. The predicted molar refractivity (Wildman–Crippen MR) is 219 cm³/mol. The summed E-state index contributed by atoms with van der Waals surface area (Å²) in [4.78, 5) is 15.0. The Hall–Kier alpha value is -7.37. The molecule has 54 heavy (non-hydrogen) atoms. The lowest BCUT2D eigenvalue weighted by atomic mass is 9.86. The van der Waals surface area contributed by atoms with Crippen molar-refractivity contribution in [1.29, 1.82) is 0 Å². The van der Waals surface area contributed by atoms with E-state index in [1.54, 1.807) is 0 Å². The molecule has 0 saturated heterocycles. The SMILES string of the molecule is c1ccc(-c2c3ccccc3c(-c3ccc(-c4nc(-c5ccc6c(c5)oc5ccccc56)nc(-c5cc6ccccc6o5)n4)cc3)c3ccccc23)cc1. The molecular weight excluding hydrogens is 663 g/mol. The van der Waals surface area contributed by atoms with Crippen LogP contribution < -0.4 is 0 Å². The minimum absolute atomic E-state index is 0.466. The van der Waals surface area contributed by atoms with E-state index in [9.17, 15) is 0 Å². The average Bonchev–Trinajstić information content (AvgIpc) is 3.85. The van der Waals surface area contributed by atoms with Crippen molar-refractivity contribution in [3.8, 4) is 56.6 Å². The molecule has 0 N–H and O–H groups in total. The van der Waals surface area contributed by atoms with Crippen LogP contribution in [0.2, 0.25) is 0 Å². The number of hydrogen-bond acceptors (Lipinski definition) is 5. The molecule has 3 aromatic heterocycles. The first-order chi connectivity index (χ1) is 26.7. The molecule has 0 aliphatic heterocycles. The van der Waals surface area contributed by atoms with Gasteiger partial charge in [0.25, 0.3) is 0 Å². The van der Waals surface area contributed by atoms with Gasteiger partial charge in [-0.15, -0.1) is 0 Å². The lowest BCUT2D eigenvalue weighted by Crippen LogP contribution is -1.99. The molecule has 0 fully saturated rings. The Morgan fingerprint density at radius 3 is 1.44 bits per heavy atom. The van der Waals surface area contributed by atoms with Crippen molar-refractivity contribution in [2.75, 3.05) is 0 Å². The van der Waals surface area contributed by atoms with Crippen LogP contribution in [0, 0.1) is 0 Å². The summed E-state index contributed by atoms with van der Waals surface area (Å²) >= 11 is 0. The molecule has 252 valence electrons. The first kappa shape index (κ1) is 30.3. The Morgan fingerprint density at radius 1 is 0.296 bits per heavy atom. The second kappa shape index (κ2) is 12.1. The number of rotatable bonds is 5. The summed E-state index contributed by atoms with van der Waals surface area (Å²) in [6, 6.07) is 60.8. The van der Waals surface area contributed by atoms with E-state index in [0.29, 0.717) is 23.2 Å². The van der Waals surface area contributed by atoms with Gasteiger partial charge in [-0.2, -0.15) is 0 Å². The highest BCUT2D eigenvalue weighted by molar-refractivity contribution is 6.21. The molecule has 0 unspecified atom stereocenters. The summed E-state index contributed by atoms with van der Waals surface area (Å²) < 4.78 is 12.5. The summed E-state index contributed by atoms with van der Waals surface area (Å²) in [6.45, 7) is 0. The van der Waals surface area contributed by atoms with E-state index < -0.39 is 0 Å². The Morgan fingerprint density at radius 2 is 0.778 bits per heavy atom. The predicted octanol–water partition coefficient (Wildman–Crippen LogP) is 13.2.